The van der Waals surface area contributed by atoms with Gasteiger partial charge in [0.25, 0.3) is 5.56 Å². The van der Waals surface area contributed by atoms with E-state index < -0.39 is 23.2 Å². The first-order valence-electron chi connectivity index (χ1n) is 15.9. The molecule has 2 aliphatic heterocycles. The minimum atomic E-state index is -1.38. The predicted molar refractivity (Wildman–Crippen MR) is 180 cm³/mol. The van der Waals surface area contributed by atoms with Gasteiger partial charge >= 0.3 is 5.97 Å². The van der Waals surface area contributed by atoms with Gasteiger partial charge in [-0.05, 0) is 73.4 Å². The van der Waals surface area contributed by atoms with Gasteiger partial charge in [-0.25, -0.2) is 18.6 Å². The van der Waals surface area contributed by atoms with Crippen molar-refractivity contribution in [3.63, 3.8) is 0 Å². The van der Waals surface area contributed by atoms with Crippen molar-refractivity contribution < 1.29 is 23.4 Å². The minimum Gasteiger partial charge on any atom is -0.497 e. The van der Waals surface area contributed by atoms with Crippen LogP contribution in [0.4, 0.5) is 14.5 Å². The fourth-order valence-corrected chi connectivity index (χ4v) is 7.06. The molecule has 0 fully saturated rings. The van der Waals surface area contributed by atoms with Crippen LogP contribution in [0.3, 0.4) is 0 Å². The van der Waals surface area contributed by atoms with Gasteiger partial charge in [-0.3, -0.25) is 14.3 Å². The first-order chi connectivity index (χ1) is 23.1. The molecule has 5 heterocycles. The molecule has 0 spiro atoms. The lowest BCUT2D eigenvalue weighted by Gasteiger charge is -2.32. The molecule has 7 rings (SSSR count). The standard InChI is InChI=1S/C37H35F2N5O4/c1-22(42-14-9-24(10-15-42)34-29(38)18-25(37(46)47)19-30(34)39)33-20-28-32(8-13-40-35(28)41(33)2)44-17-12-31-27(36(44)45)11-16-43(31)21-23-4-6-26(48-3)7-5-23/h4-9,12-13,17-20,22H,10-11,14-16,21H2,1-3H3,(H,46,47). The normalized spacial score (nSPS) is 15.4. The number of aryl methyl sites for hydroxylation is 1. The van der Waals surface area contributed by atoms with E-state index in [0.717, 1.165) is 63.7 Å². The third-order valence-electron chi connectivity index (χ3n) is 9.70. The number of carbonyl (C=O) groups is 1. The maximum atomic E-state index is 14.8. The number of carboxylic acids is 1. The molecular weight excluding hydrogens is 616 g/mol. The van der Waals surface area contributed by atoms with Gasteiger partial charge in [0.2, 0.25) is 0 Å². The fourth-order valence-electron chi connectivity index (χ4n) is 7.06. The number of halogens is 2. The number of nitrogens with zero attached hydrogens (tertiary/aromatic N) is 5. The van der Waals surface area contributed by atoms with E-state index in [1.54, 1.807) is 23.9 Å². The van der Waals surface area contributed by atoms with Gasteiger partial charge in [-0.2, -0.15) is 0 Å². The number of aromatic carboxylic acids is 1. The monoisotopic (exact) mass is 651 g/mol. The van der Waals surface area contributed by atoms with Gasteiger partial charge in [0.15, 0.2) is 0 Å². The molecule has 1 atom stereocenters. The number of ether oxygens (including phenoxy) is 1. The molecule has 1 unspecified atom stereocenters. The van der Waals surface area contributed by atoms with Crippen molar-refractivity contribution in [2.45, 2.75) is 32.4 Å². The van der Waals surface area contributed by atoms with Crippen molar-refractivity contribution in [2.24, 2.45) is 7.05 Å². The number of methoxy groups -OCH3 is 1. The number of hydrogen-bond donors (Lipinski definition) is 1. The van der Waals surface area contributed by atoms with Crippen molar-refractivity contribution in [1.82, 2.24) is 19.0 Å². The number of anilines is 1. The van der Waals surface area contributed by atoms with Gasteiger partial charge in [0, 0.05) is 79.6 Å². The number of aromatic nitrogens is 3. The first kappa shape index (κ1) is 31.3. The number of rotatable bonds is 8. The summed E-state index contributed by atoms with van der Waals surface area (Å²) in [5, 5.41) is 9.99. The highest BCUT2D eigenvalue weighted by atomic mass is 19.1. The van der Waals surface area contributed by atoms with Crippen LogP contribution in [0.15, 0.2) is 77.9 Å². The predicted octanol–water partition coefficient (Wildman–Crippen LogP) is 6.12. The lowest BCUT2D eigenvalue weighted by molar-refractivity contribution is 0.0695. The van der Waals surface area contributed by atoms with Crippen molar-refractivity contribution >= 4 is 28.3 Å². The molecule has 9 nitrogen and oxygen atoms in total. The van der Waals surface area contributed by atoms with Crippen LogP contribution in [0.1, 0.15) is 52.1 Å². The van der Waals surface area contributed by atoms with Gasteiger partial charge in [0.05, 0.1) is 18.4 Å². The summed E-state index contributed by atoms with van der Waals surface area (Å²) in [6.07, 6.45) is 6.43. The number of benzene rings is 2. The molecule has 2 aliphatic rings. The van der Waals surface area contributed by atoms with E-state index in [9.17, 15) is 18.4 Å². The Morgan fingerprint density at radius 1 is 1.02 bits per heavy atom. The minimum absolute atomic E-state index is 0.0415. The Bertz CT molecular complexity index is 2130. The average Bonchev–Trinajstić information content (AvgIpc) is 3.66. The van der Waals surface area contributed by atoms with E-state index in [-0.39, 0.29) is 17.2 Å². The molecule has 2 aromatic carbocycles. The van der Waals surface area contributed by atoms with Crippen LogP contribution in [0.5, 0.6) is 5.75 Å². The molecule has 1 N–H and O–H groups in total. The van der Waals surface area contributed by atoms with Crippen molar-refractivity contribution in [1.29, 1.82) is 0 Å². The average molecular weight is 652 g/mol. The van der Waals surface area contributed by atoms with Crippen molar-refractivity contribution in [3.8, 4) is 11.4 Å². The number of hydrogen-bond acceptors (Lipinski definition) is 6. The molecule has 3 aromatic heterocycles. The summed E-state index contributed by atoms with van der Waals surface area (Å²) < 4.78 is 38.5. The smallest absolute Gasteiger partial charge is 0.335 e. The largest absolute Gasteiger partial charge is 0.497 e. The van der Waals surface area contributed by atoms with E-state index in [4.69, 9.17) is 9.84 Å². The molecular formula is C37H35F2N5O4. The maximum absolute atomic E-state index is 14.8. The molecule has 0 radical (unpaired) electrons. The molecule has 48 heavy (non-hydrogen) atoms. The SMILES string of the molecule is COc1ccc(CN2CCc3c2ccn(-c2ccnc4c2cc(C(C)N2CC=C(c5c(F)cc(C(=O)O)cc5F)CC2)n4C)c3=O)cc1. The van der Waals surface area contributed by atoms with Crippen LogP contribution < -0.4 is 15.2 Å². The van der Waals surface area contributed by atoms with Crippen molar-refractivity contribution in [3.05, 3.63) is 123 Å². The van der Waals surface area contributed by atoms with Crippen LogP contribution in [0.2, 0.25) is 0 Å². The summed E-state index contributed by atoms with van der Waals surface area (Å²) in [5.41, 5.74) is 5.27. The summed E-state index contributed by atoms with van der Waals surface area (Å²) >= 11 is 0. The third-order valence-corrected chi connectivity index (χ3v) is 9.70. The Hall–Kier alpha value is -5.29. The number of pyridine rings is 2. The molecule has 0 amide bonds. The van der Waals surface area contributed by atoms with Crippen LogP contribution >= 0.6 is 0 Å². The molecule has 246 valence electrons. The first-order valence-corrected chi connectivity index (χ1v) is 15.9. The highest BCUT2D eigenvalue weighted by Crippen LogP contribution is 2.34. The Morgan fingerprint density at radius 3 is 2.44 bits per heavy atom. The van der Waals surface area contributed by atoms with Gasteiger partial charge in [-0.15, -0.1) is 0 Å². The second-order valence-electron chi connectivity index (χ2n) is 12.3. The van der Waals surface area contributed by atoms with Crippen LogP contribution in [-0.4, -0.2) is 56.8 Å². The fraction of sp³-hybridized carbons (Fsp3) is 0.270. The summed E-state index contributed by atoms with van der Waals surface area (Å²) in [4.78, 5) is 34.2. The molecule has 0 aliphatic carbocycles. The molecule has 5 aromatic rings. The quantitative estimate of drug-likeness (QED) is 0.216. The lowest BCUT2D eigenvalue weighted by atomic mass is 9.96. The summed E-state index contributed by atoms with van der Waals surface area (Å²) in [5.74, 6) is -2.32. The topological polar surface area (TPSA) is 92.8 Å². The van der Waals surface area contributed by atoms with E-state index in [2.05, 4.69) is 27.8 Å². The summed E-state index contributed by atoms with van der Waals surface area (Å²) in [6.45, 7) is 4.54. The third kappa shape index (κ3) is 5.43. The zero-order valence-corrected chi connectivity index (χ0v) is 26.9. The van der Waals surface area contributed by atoms with Gasteiger partial charge in [-0.1, -0.05) is 18.2 Å². The zero-order valence-electron chi connectivity index (χ0n) is 26.9. The highest BCUT2D eigenvalue weighted by Gasteiger charge is 2.27. The Morgan fingerprint density at radius 2 is 1.77 bits per heavy atom. The van der Waals surface area contributed by atoms with E-state index in [1.165, 1.54) is 0 Å². The van der Waals surface area contributed by atoms with Crippen LogP contribution in [-0.2, 0) is 20.0 Å². The molecule has 0 bridgehead atoms. The van der Waals surface area contributed by atoms with E-state index >= 15 is 0 Å². The Kier molecular flexibility index (Phi) is 8.08. The van der Waals surface area contributed by atoms with Gasteiger partial charge in [0.1, 0.15) is 23.0 Å². The Labute approximate surface area is 275 Å². The van der Waals surface area contributed by atoms with Crippen LogP contribution in [0, 0.1) is 11.6 Å². The maximum Gasteiger partial charge on any atom is 0.335 e. The van der Waals surface area contributed by atoms with E-state index in [1.807, 2.05) is 54.2 Å². The molecule has 0 saturated heterocycles. The summed E-state index contributed by atoms with van der Waals surface area (Å²) in [6, 6.07) is 15.6. The van der Waals surface area contributed by atoms with E-state index in [0.29, 0.717) is 38.0 Å². The second kappa shape index (κ2) is 12.4. The number of fused-ring (bicyclic) bond motifs is 2. The summed E-state index contributed by atoms with van der Waals surface area (Å²) in [7, 11) is 3.60. The van der Waals surface area contributed by atoms with Gasteiger partial charge < -0.3 is 19.3 Å². The van der Waals surface area contributed by atoms with Crippen molar-refractivity contribution in [2.75, 3.05) is 31.6 Å². The zero-order chi connectivity index (χ0) is 33.7. The lowest BCUT2D eigenvalue weighted by Crippen LogP contribution is -2.32. The Balaban J connectivity index is 1.14. The molecule has 11 heteroatoms. The number of carboxylic acid groups (broad SMARTS) is 1. The molecule has 0 saturated carbocycles. The second-order valence-corrected chi connectivity index (χ2v) is 12.3. The van der Waals surface area contributed by atoms with Crippen LogP contribution in [0.25, 0.3) is 22.3 Å². The highest BCUT2D eigenvalue weighted by molar-refractivity contribution is 5.88.